The van der Waals surface area contributed by atoms with Crippen LogP contribution in [0.15, 0.2) is 30.5 Å². The van der Waals surface area contributed by atoms with Crippen LogP contribution in [0.4, 0.5) is 11.5 Å². The van der Waals surface area contributed by atoms with Crippen molar-refractivity contribution >= 4 is 40.4 Å². The van der Waals surface area contributed by atoms with Gasteiger partial charge in [0, 0.05) is 11.9 Å². The summed E-state index contributed by atoms with van der Waals surface area (Å²) in [7, 11) is 0. The maximum absolute atomic E-state index is 6.32. The van der Waals surface area contributed by atoms with Crippen LogP contribution >= 0.6 is 23.2 Å². The minimum Gasteiger partial charge on any atom is -0.339 e. The molecule has 2 heterocycles. The molecule has 2 aromatic heterocycles. The maximum Gasteiger partial charge on any atom is 0.157 e. The largest absolute Gasteiger partial charge is 0.339 e. The fraction of sp³-hybridized carbons (Fsp3) is 0.278. The quantitative estimate of drug-likeness (QED) is 0.617. The zero-order valence-corrected chi connectivity index (χ0v) is 15.1. The summed E-state index contributed by atoms with van der Waals surface area (Å²) in [5.41, 5.74) is 5.14. The summed E-state index contributed by atoms with van der Waals surface area (Å²) in [6.45, 7) is 8.42. The van der Waals surface area contributed by atoms with E-state index in [0.29, 0.717) is 15.7 Å². The van der Waals surface area contributed by atoms with Gasteiger partial charge in [-0.1, -0.05) is 55.2 Å². The molecule has 0 bridgehead atoms. The van der Waals surface area contributed by atoms with Gasteiger partial charge in [0.1, 0.15) is 5.82 Å². The molecule has 23 heavy (non-hydrogen) atoms. The van der Waals surface area contributed by atoms with Crippen LogP contribution in [0.5, 0.6) is 0 Å². The molecule has 120 valence electrons. The minimum absolute atomic E-state index is 0.261. The van der Waals surface area contributed by atoms with E-state index in [1.165, 1.54) is 11.1 Å². The molecular formula is C18H19Cl2N3. The van der Waals surface area contributed by atoms with Crippen LogP contribution in [0.25, 0.3) is 5.65 Å². The highest BCUT2D eigenvalue weighted by Crippen LogP contribution is 2.34. The zero-order chi connectivity index (χ0) is 16.7. The van der Waals surface area contributed by atoms with Crippen LogP contribution in [-0.2, 0) is 0 Å². The summed E-state index contributed by atoms with van der Waals surface area (Å²) in [6, 6.07) is 7.96. The smallest absolute Gasteiger partial charge is 0.157 e. The highest BCUT2D eigenvalue weighted by molar-refractivity contribution is 6.36. The van der Waals surface area contributed by atoms with E-state index in [0.717, 1.165) is 17.2 Å². The standard InChI is InChI=1S/C18H19Cl2N3/c1-10(2)15-18(22-16-11(3)6-5-7-12(16)4)23-9-13(19)8-14(20)17(23)21-15/h5-10,22H,1-4H3. The lowest BCUT2D eigenvalue weighted by atomic mass is 10.1. The number of imidazole rings is 1. The summed E-state index contributed by atoms with van der Waals surface area (Å²) < 4.78 is 1.94. The molecule has 0 atom stereocenters. The first-order valence-corrected chi connectivity index (χ1v) is 8.34. The lowest BCUT2D eigenvalue weighted by molar-refractivity contribution is 0.837. The Labute approximate surface area is 146 Å². The van der Waals surface area contributed by atoms with Crippen LogP contribution in [0.2, 0.25) is 10.0 Å². The maximum atomic E-state index is 6.32. The fourth-order valence-corrected chi connectivity index (χ4v) is 3.26. The summed E-state index contributed by atoms with van der Waals surface area (Å²) in [6.07, 6.45) is 1.84. The van der Waals surface area contributed by atoms with E-state index in [1.54, 1.807) is 6.07 Å². The zero-order valence-electron chi connectivity index (χ0n) is 13.6. The van der Waals surface area contributed by atoms with Crippen LogP contribution in [0.3, 0.4) is 0 Å². The number of aryl methyl sites for hydroxylation is 2. The Morgan fingerprint density at radius 3 is 2.39 bits per heavy atom. The van der Waals surface area contributed by atoms with Crippen molar-refractivity contribution in [3.63, 3.8) is 0 Å². The number of halogens is 2. The van der Waals surface area contributed by atoms with Crippen molar-refractivity contribution in [2.75, 3.05) is 5.32 Å². The number of aromatic nitrogens is 2. The number of para-hydroxylation sites is 1. The number of anilines is 2. The number of fused-ring (bicyclic) bond motifs is 1. The van der Waals surface area contributed by atoms with Gasteiger partial charge in [-0.25, -0.2) is 4.98 Å². The van der Waals surface area contributed by atoms with Crippen molar-refractivity contribution in [2.45, 2.75) is 33.6 Å². The van der Waals surface area contributed by atoms with Gasteiger partial charge in [-0.2, -0.15) is 0 Å². The SMILES string of the molecule is Cc1cccc(C)c1Nc1c(C(C)C)nc2c(Cl)cc(Cl)cn12. The molecule has 0 spiro atoms. The lowest BCUT2D eigenvalue weighted by Crippen LogP contribution is -2.02. The van der Waals surface area contributed by atoms with Crippen molar-refractivity contribution in [2.24, 2.45) is 0 Å². The van der Waals surface area contributed by atoms with Crippen molar-refractivity contribution in [3.05, 3.63) is 57.3 Å². The minimum atomic E-state index is 0.261. The number of benzene rings is 1. The molecule has 3 nitrogen and oxygen atoms in total. The van der Waals surface area contributed by atoms with Gasteiger partial charge in [0.25, 0.3) is 0 Å². The molecule has 5 heteroatoms. The number of rotatable bonds is 3. The Morgan fingerprint density at radius 1 is 1.13 bits per heavy atom. The van der Waals surface area contributed by atoms with E-state index >= 15 is 0 Å². The number of nitrogens with one attached hydrogen (secondary N) is 1. The molecule has 0 fully saturated rings. The van der Waals surface area contributed by atoms with Gasteiger partial charge in [0.2, 0.25) is 0 Å². The summed E-state index contributed by atoms with van der Waals surface area (Å²) >= 11 is 12.5. The Morgan fingerprint density at radius 2 is 1.78 bits per heavy atom. The first-order chi connectivity index (χ1) is 10.9. The molecule has 0 aliphatic carbocycles. The van der Waals surface area contributed by atoms with E-state index in [1.807, 2.05) is 10.6 Å². The number of nitrogens with zero attached hydrogens (tertiary/aromatic N) is 2. The summed E-state index contributed by atoms with van der Waals surface area (Å²) in [5.74, 6) is 1.17. The monoisotopic (exact) mass is 347 g/mol. The van der Waals surface area contributed by atoms with Crippen molar-refractivity contribution in [1.82, 2.24) is 9.38 Å². The second-order valence-corrected chi connectivity index (χ2v) is 6.94. The first-order valence-electron chi connectivity index (χ1n) is 7.58. The van der Waals surface area contributed by atoms with E-state index < -0.39 is 0 Å². The predicted molar refractivity (Wildman–Crippen MR) is 98.5 cm³/mol. The van der Waals surface area contributed by atoms with E-state index in [-0.39, 0.29) is 5.92 Å². The van der Waals surface area contributed by atoms with Gasteiger partial charge in [-0.3, -0.25) is 4.40 Å². The summed E-state index contributed by atoms with van der Waals surface area (Å²) in [4.78, 5) is 4.72. The average Bonchev–Trinajstić information content (AvgIpc) is 2.82. The second-order valence-electron chi connectivity index (χ2n) is 6.09. The normalized spacial score (nSPS) is 11.4. The molecule has 0 saturated heterocycles. The Bertz CT molecular complexity index is 861. The Kier molecular flexibility index (Phi) is 4.26. The van der Waals surface area contributed by atoms with Gasteiger partial charge in [0.15, 0.2) is 5.65 Å². The molecule has 3 aromatic rings. The van der Waals surface area contributed by atoms with Gasteiger partial charge >= 0.3 is 0 Å². The third kappa shape index (κ3) is 2.91. The van der Waals surface area contributed by atoms with Crippen LogP contribution < -0.4 is 5.32 Å². The van der Waals surface area contributed by atoms with Gasteiger partial charge in [-0.15, -0.1) is 0 Å². The summed E-state index contributed by atoms with van der Waals surface area (Å²) in [5, 5.41) is 4.68. The molecule has 1 aromatic carbocycles. The van der Waals surface area contributed by atoms with Crippen LogP contribution in [-0.4, -0.2) is 9.38 Å². The predicted octanol–water partition coefficient (Wildman–Crippen LogP) is 6.12. The van der Waals surface area contributed by atoms with E-state index in [4.69, 9.17) is 28.2 Å². The Balaban J connectivity index is 2.25. The molecule has 3 rings (SSSR count). The number of hydrogen-bond donors (Lipinski definition) is 1. The molecule has 1 N–H and O–H groups in total. The third-order valence-electron chi connectivity index (χ3n) is 3.94. The molecular weight excluding hydrogens is 329 g/mol. The molecule has 0 radical (unpaired) electrons. The van der Waals surface area contributed by atoms with Gasteiger partial charge < -0.3 is 5.32 Å². The molecule has 0 unspecified atom stereocenters. The van der Waals surface area contributed by atoms with E-state index in [9.17, 15) is 0 Å². The van der Waals surface area contributed by atoms with Crippen molar-refractivity contribution in [1.29, 1.82) is 0 Å². The van der Waals surface area contributed by atoms with Crippen LogP contribution in [0.1, 0.15) is 36.6 Å². The third-order valence-corrected chi connectivity index (χ3v) is 4.42. The van der Waals surface area contributed by atoms with Crippen LogP contribution in [0, 0.1) is 13.8 Å². The second kappa shape index (κ2) is 6.06. The molecule has 0 aliphatic rings. The molecule has 0 amide bonds. The van der Waals surface area contributed by atoms with Gasteiger partial charge in [0.05, 0.1) is 15.7 Å². The fourth-order valence-electron chi connectivity index (χ4n) is 2.75. The van der Waals surface area contributed by atoms with Crippen molar-refractivity contribution < 1.29 is 0 Å². The highest BCUT2D eigenvalue weighted by atomic mass is 35.5. The Hall–Kier alpha value is -1.71. The van der Waals surface area contributed by atoms with Gasteiger partial charge in [-0.05, 0) is 37.0 Å². The number of pyridine rings is 1. The molecule has 0 aliphatic heterocycles. The number of hydrogen-bond acceptors (Lipinski definition) is 2. The lowest BCUT2D eigenvalue weighted by Gasteiger charge is -2.15. The van der Waals surface area contributed by atoms with E-state index in [2.05, 4.69) is 51.2 Å². The molecule has 0 saturated carbocycles. The average molecular weight is 348 g/mol. The highest BCUT2D eigenvalue weighted by Gasteiger charge is 2.18. The topological polar surface area (TPSA) is 29.3 Å². The van der Waals surface area contributed by atoms with Crippen molar-refractivity contribution in [3.8, 4) is 0 Å². The first kappa shape index (κ1) is 16.2.